The van der Waals surface area contributed by atoms with Gasteiger partial charge in [-0.25, -0.2) is 0 Å². The molecule has 0 aliphatic carbocycles. The second-order valence-electron chi connectivity index (χ2n) is 5.34. The number of likely N-dealkylation sites (N-methyl/N-ethyl adjacent to an activating group) is 1. The molecule has 0 aromatic carbocycles. The van der Waals surface area contributed by atoms with Crippen molar-refractivity contribution >= 4 is 5.91 Å². The molecule has 1 saturated heterocycles. The second-order valence-corrected chi connectivity index (χ2v) is 5.34. The van der Waals surface area contributed by atoms with E-state index in [-0.39, 0.29) is 11.8 Å². The molecule has 106 valence electrons. The van der Waals surface area contributed by atoms with Gasteiger partial charge in [0.05, 0.1) is 6.04 Å². The van der Waals surface area contributed by atoms with Gasteiger partial charge in [-0.15, -0.1) is 0 Å². The molecule has 0 spiro atoms. The Morgan fingerprint density at radius 2 is 2.06 bits per heavy atom. The van der Waals surface area contributed by atoms with Crippen molar-refractivity contribution in [2.75, 3.05) is 33.4 Å². The van der Waals surface area contributed by atoms with Crippen molar-refractivity contribution in [2.24, 2.45) is 11.7 Å². The number of nitrogens with two attached hydrogens (primary N) is 1. The summed E-state index contributed by atoms with van der Waals surface area (Å²) in [6, 6.07) is 0.101. The normalized spacial score (nSPS) is 19.2. The van der Waals surface area contributed by atoms with E-state index >= 15 is 0 Å². The zero-order valence-corrected chi connectivity index (χ0v) is 11.8. The van der Waals surface area contributed by atoms with Gasteiger partial charge in [-0.05, 0) is 39.7 Å². The maximum absolute atomic E-state index is 11.9. The minimum atomic E-state index is -0.391. The molecule has 3 N–H and O–H groups in total. The SMILES string of the molecule is CC(C)N(C)CCNC(=O)C(N)C1CCOCC1. The van der Waals surface area contributed by atoms with E-state index < -0.39 is 6.04 Å². The van der Waals surface area contributed by atoms with E-state index in [0.717, 1.165) is 32.6 Å². The largest absolute Gasteiger partial charge is 0.381 e. The fraction of sp³-hybridized carbons (Fsp3) is 0.923. The lowest BCUT2D eigenvalue weighted by Gasteiger charge is -2.27. The van der Waals surface area contributed by atoms with Crippen molar-refractivity contribution in [3.63, 3.8) is 0 Å². The lowest BCUT2D eigenvalue weighted by molar-refractivity contribution is -0.124. The summed E-state index contributed by atoms with van der Waals surface area (Å²) < 4.78 is 5.27. The Hall–Kier alpha value is -0.650. The Kier molecular flexibility index (Phi) is 6.60. The van der Waals surface area contributed by atoms with E-state index in [0.29, 0.717) is 12.6 Å². The highest BCUT2D eigenvalue weighted by molar-refractivity contribution is 5.81. The third-order valence-corrected chi connectivity index (χ3v) is 3.72. The van der Waals surface area contributed by atoms with Crippen LogP contribution in [0.4, 0.5) is 0 Å². The molecule has 0 bridgehead atoms. The fourth-order valence-corrected chi connectivity index (χ4v) is 2.02. The zero-order chi connectivity index (χ0) is 13.5. The molecule has 0 saturated carbocycles. The number of amides is 1. The molecule has 18 heavy (non-hydrogen) atoms. The molecular weight excluding hydrogens is 230 g/mol. The van der Waals surface area contributed by atoms with Crippen LogP contribution in [0, 0.1) is 5.92 Å². The number of ether oxygens (including phenoxy) is 1. The second kappa shape index (κ2) is 7.71. The predicted molar refractivity (Wildman–Crippen MR) is 72.3 cm³/mol. The van der Waals surface area contributed by atoms with E-state index in [1.54, 1.807) is 0 Å². The molecule has 0 aromatic rings. The third kappa shape index (κ3) is 4.92. The quantitative estimate of drug-likeness (QED) is 0.713. The van der Waals surface area contributed by atoms with Crippen LogP contribution in [-0.4, -0.2) is 56.2 Å². The van der Waals surface area contributed by atoms with Crippen molar-refractivity contribution in [2.45, 2.75) is 38.8 Å². The van der Waals surface area contributed by atoms with Crippen molar-refractivity contribution in [3.05, 3.63) is 0 Å². The average Bonchev–Trinajstić information content (AvgIpc) is 2.38. The number of carbonyl (C=O) groups is 1. The highest BCUT2D eigenvalue weighted by Gasteiger charge is 2.26. The summed E-state index contributed by atoms with van der Waals surface area (Å²) in [4.78, 5) is 14.1. The summed E-state index contributed by atoms with van der Waals surface area (Å²) in [6.07, 6.45) is 1.78. The molecule has 1 aliphatic rings. The Morgan fingerprint density at radius 1 is 1.44 bits per heavy atom. The van der Waals surface area contributed by atoms with Crippen LogP contribution in [0.5, 0.6) is 0 Å². The van der Waals surface area contributed by atoms with Crippen LogP contribution in [0.3, 0.4) is 0 Å². The first kappa shape index (κ1) is 15.4. The van der Waals surface area contributed by atoms with Crippen LogP contribution in [0.25, 0.3) is 0 Å². The Morgan fingerprint density at radius 3 is 2.61 bits per heavy atom. The summed E-state index contributed by atoms with van der Waals surface area (Å²) in [5, 5.41) is 2.92. The number of hydrogen-bond donors (Lipinski definition) is 2. The van der Waals surface area contributed by atoms with E-state index in [9.17, 15) is 4.79 Å². The standard InChI is InChI=1S/C13H27N3O2/c1-10(2)16(3)7-6-15-13(17)12(14)11-4-8-18-9-5-11/h10-12H,4-9,14H2,1-3H3,(H,15,17). The maximum atomic E-state index is 11.9. The van der Waals surface area contributed by atoms with Gasteiger partial charge in [-0.2, -0.15) is 0 Å². The van der Waals surface area contributed by atoms with Crippen molar-refractivity contribution < 1.29 is 9.53 Å². The summed E-state index contributed by atoms with van der Waals surface area (Å²) in [5.41, 5.74) is 5.99. The van der Waals surface area contributed by atoms with Gasteiger partial charge >= 0.3 is 0 Å². The Balaban J connectivity index is 2.23. The highest BCUT2D eigenvalue weighted by Crippen LogP contribution is 2.17. The van der Waals surface area contributed by atoms with Crippen LogP contribution < -0.4 is 11.1 Å². The average molecular weight is 257 g/mol. The van der Waals surface area contributed by atoms with E-state index in [1.807, 2.05) is 0 Å². The van der Waals surface area contributed by atoms with Gasteiger partial charge in [-0.3, -0.25) is 4.79 Å². The van der Waals surface area contributed by atoms with Crippen molar-refractivity contribution in [1.29, 1.82) is 0 Å². The smallest absolute Gasteiger partial charge is 0.237 e. The minimum absolute atomic E-state index is 0.0287. The molecule has 1 fully saturated rings. The van der Waals surface area contributed by atoms with Gasteiger partial charge in [0.2, 0.25) is 5.91 Å². The van der Waals surface area contributed by atoms with E-state index in [2.05, 4.69) is 31.1 Å². The number of nitrogens with one attached hydrogen (secondary N) is 1. The van der Waals surface area contributed by atoms with Crippen LogP contribution in [0.15, 0.2) is 0 Å². The monoisotopic (exact) mass is 257 g/mol. The topological polar surface area (TPSA) is 67.6 Å². The molecule has 0 radical (unpaired) electrons. The fourth-order valence-electron chi connectivity index (χ4n) is 2.02. The maximum Gasteiger partial charge on any atom is 0.237 e. The lowest BCUT2D eigenvalue weighted by Crippen LogP contribution is -2.48. The van der Waals surface area contributed by atoms with E-state index in [4.69, 9.17) is 10.5 Å². The first-order chi connectivity index (χ1) is 8.52. The third-order valence-electron chi connectivity index (χ3n) is 3.72. The molecule has 1 rings (SSSR count). The van der Waals surface area contributed by atoms with Gasteiger partial charge in [0, 0.05) is 32.3 Å². The van der Waals surface area contributed by atoms with Crippen LogP contribution in [0.2, 0.25) is 0 Å². The first-order valence-electron chi connectivity index (χ1n) is 6.83. The molecule has 5 heteroatoms. The molecule has 1 aliphatic heterocycles. The number of nitrogens with zero attached hydrogens (tertiary/aromatic N) is 1. The molecule has 5 nitrogen and oxygen atoms in total. The molecular formula is C13H27N3O2. The zero-order valence-electron chi connectivity index (χ0n) is 11.8. The van der Waals surface area contributed by atoms with Gasteiger partial charge < -0.3 is 20.7 Å². The molecule has 1 amide bonds. The highest BCUT2D eigenvalue weighted by atomic mass is 16.5. The molecule has 0 aromatic heterocycles. The summed E-state index contributed by atoms with van der Waals surface area (Å²) in [6.45, 7) is 7.23. The molecule has 1 atom stereocenters. The van der Waals surface area contributed by atoms with E-state index in [1.165, 1.54) is 0 Å². The first-order valence-corrected chi connectivity index (χ1v) is 6.83. The molecule has 1 unspecified atom stereocenters. The van der Waals surface area contributed by atoms with Crippen molar-refractivity contribution in [3.8, 4) is 0 Å². The summed E-state index contributed by atoms with van der Waals surface area (Å²) in [5.74, 6) is 0.237. The lowest BCUT2D eigenvalue weighted by atomic mass is 9.92. The Labute approximate surface area is 110 Å². The number of rotatable bonds is 6. The van der Waals surface area contributed by atoms with Gasteiger partial charge in [0.1, 0.15) is 0 Å². The minimum Gasteiger partial charge on any atom is -0.381 e. The van der Waals surface area contributed by atoms with Crippen LogP contribution in [0.1, 0.15) is 26.7 Å². The summed E-state index contributed by atoms with van der Waals surface area (Å²) in [7, 11) is 2.05. The Bertz CT molecular complexity index is 253. The van der Waals surface area contributed by atoms with Gasteiger partial charge in [-0.1, -0.05) is 0 Å². The number of carbonyl (C=O) groups excluding carboxylic acids is 1. The van der Waals surface area contributed by atoms with Crippen molar-refractivity contribution in [1.82, 2.24) is 10.2 Å². The predicted octanol–water partition coefficient (Wildman–Crippen LogP) is 0.197. The molecule has 1 heterocycles. The number of hydrogen-bond acceptors (Lipinski definition) is 4. The summed E-state index contributed by atoms with van der Waals surface area (Å²) >= 11 is 0. The van der Waals surface area contributed by atoms with Gasteiger partial charge in [0.25, 0.3) is 0 Å². The van der Waals surface area contributed by atoms with Crippen LogP contribution >= 0.6 is 0 Å². The van der Waals surface area contributed by atoms with Gasteiger partial charge in [0.15, 0.2) is 0 Å². The van der Waals surface area contributed by atoms with Crippen LogP contribution in [-0.2, 0) is 9.53 Å².